The van der Waals surface area contributed by atoms with E-state index in [1.54, 1.807) is 6.21 Å². The molecule has 31 heavy (non-hydrogen) atoms. The number of benzene rings is 3. The predicted octanol–water partition coefficient (Wildman–Crippen LogP) is 5.57. The molecule has 0 unspecified atom stereocenters. The Morgan fingerprint density at radius 1 is 1.00 bits per heavy atom. The Bertz CT molecular complexity index is 1030. The van der Waals surface area contributed by atoms with Gasteiger partial charge in [0, 0.05) is 10.6 Å². The summed E-state index contributed by atoms with van der Waals surface area (Å²) >= 11 is 6.14. The monoisotopic (exact) mass is 436 g/mol. The van der Waals surface area contributed by atoms with E-state index in [1.165, 1.54) is 0 Å². The molecule has 0 saturated carbocycles. The fourth-order valence-electron chi connectivity index (χ4n) is 2.87. The zero-order valence-electron chi connectivity index (χ0n) is 17.5. The molecule has 0 saturated heterocycles. The van der Waals surface area contributed by atoms with Crippen LogP contribution in [0, 0.1) is 0 Å². The highest BCUT2D eigenvalue weighted by molar-refractivity contribution is 6.31. The number of nitrogens with zero attached hydrogens (tertiary/aromatic N) is 1. The van der Waals surface area contributed by atoms with Crippen LogP contribution in [0.1, 0.15) is 36.5 Å². The Hall–Kier alpha value is -3.31. The van der Waals surface area contributed by atoms with E-state index in [-0.39, 0.29) is 12.5 Å². The van der Waals surface area contributed by atoms with E-state index in [2.05, 4.69) is 24.4 Å². The number of hydrogen-bond acceptors (Lipinski definition) is 4. The third-order valence-electron chi connectivity index (χ3n) is 4.53. The molecule has 3 rings (SSSR count). The molecule has 1 amide bonds. The summed E-state index contributed by atoms with van der Waals surface area (Å²) in [5, 5.41) is 4.66. The average molecular weight is 437 g/mol. The van der Waals surface area contributed by atoms with Gasteiger partial charge in [0.15, 0.2) is 6.61 Å². The number of hydrogen-bond donors (Lipinski definition) is 1. The molecule has 0 aliphatic carbocycles. The van der Waals surface area contributed by atoms with Gasteiger partial charge >= 0.3 is 0 Å². The van der Waals surface area contributed by atoms with Crippen LogP contribution in [0.3, 0.4) is 0 Å². The Morgan fingerprint density at radius 2 is 1.71 bits per heavy atom. The fraction of sp³-hybridized carbons (Fsp3) is 0.200. The van der Waals surface area contributed by atoms with Crippen LogP contribution in [0.4, 0.5) is 0 Å². The summed E-state index contributed by atoms with van der Waals surface area (Å²) in [6.45, 7) is 4.46. The van der Waals surface area contributed by atoms with Crippen LogP contribution in [-0.2, 0) is 11.4 Å². The van der Waals surface area contributed by atoms with Gasteiger partial charge in [0.2, 0.25) is 0 Å². The molecule has 0 heterocycles. The molecule has 160 valence electrons. The van der Waals surface area contributed by atoms with Crippen molar-refractivity contribution in [3.05, 3.63) is 94.5 Å². The van der Waals surface area contributed by atoms with Gasteiger partial charge in [-0.1, -0.05) is 61.8 Å². The molecule has 5 nitrogen and oxygen atoms in total. The lowest BCUT2D eigenvalue weighted by Crippen LogP contribution is -2.24. The van der Waals surface area contributed by atoms with Gasteiger partial charge in [-0.05, 0) is 53.4 Å². The molecular weight excluding hydrogens is 412 g/mol. The second kappa shape index (κ2) is 11.2. The quantitative estimate of drug-likeness (QED) is 0.352. The average Bonchev–Trinajstić information content (AvgIpc) is 2.78. The molecule has 0 radical (unpaired) electrons. The van der Waals surface area contributed by atoms with Gasteiger partial charge in [-0.25, -0.2) is 5.43 Å². The van der Waals surface area contributed by atoms with Gasteiger partial charge < -0.3 is 9.47 Å². The van der Waals surface area contributed by atoms with Crippen molar-refractivity contribution < 1.29 is 14.3 Å². The lowest BCUT2D eigenvalue weighted by atomic mass is 10.0. The highest BCUT2D eigenvalue weighted by Gasteiger charge is 2.08. The second-order valence-electron chi connectivity index (χ2n) is 7.22. The largest absolute Gasteiger partial charge is 0.489 e. The van der Waals surface area contributed by atoms with Crippen LogP contribution in [0.5, 0.6) is 11.5 Å². The van der Waals surface area contributed by atoms with Gasteiger partial charge in [-0.2, -0.15) is 5.10 Å². The van der Waals surface area contributed by atoms with Crippen molar-refractivity contribution in [2.45, 2.75) is 26.4 Å². The predicted molar refractivity (Wildman–Crippen MR) is 124 cm³/mol. The molecule has 0 bridgehead atoms. The normalized spacial score (nSPS) is 11.0. The van der Waals surface area contributed by atoms with Crippen LogP contribution in [0.25, 0.3) is 0 Å². The lowest BCUT2D eigenvalue weighted by molar-refractivity contribution is -0.123. The van der Waals surface area contributed by atoms with Gasteiger partial charge in [0.1, 0.15) is 18.1 Å². The van der Waals surface area contributed by atoms with Gasteiger partial charge in [0.05, 0.1) is 6.21 Å². The fourth-order valence-corrected chi connectivity index (χ4v) is 3.06. The van der Waals surface area contributed by atoms with E-state index in [0.717, 1.165) is 22.4 Å². The minimum absolute atomic E-state index is 0.101. The first kappa shape index (κ1) is 22.4. The Labute approximate surface area is 187 Å². The van der Waals surface area contributed by atoms with E-state index < -0.39 is 0 Å². The summed E-state index contributed by atoms with van der Waals surface area (Å²) in [4.78, 5) is 12.0. The lowest BCUT2D eigenvalue weighted by Gasteiger charge is -2.13. The number of ether oxygens (including phenoxy) is 2. The number of nitrogens with one attached hydrogen (secondary N) is 1. The smallest absolute Gasteiger partial charge is 0.277 e. The van der Waals surface area contributed by atoms with Crippen LogP contribution in [0.2, 0.25) is 5.02 Å². The third kappa shape index (κ3) is 6.86. The summed E-state index contributed by atoms with van der Waals surface area (Å²) in [5.74, 6) is 1.42. The van der Waals surface area contributed by atoms with Crippen molar-refractivity contribution >= 4 is 23.7 Å². The van der Waals surface area contributed by atoms with Crippen LogP contribution >= 0.6 is 11.6 Å². The van der Waals surface area contributed by atoms with E-state index in [1.807, 2.05) is 72.8 Å². The highest BCUT2D eigenvalue weighted by atomic mass is 35.5. The van der Waals surface area contributed by atoms with Crippen molar-refractivity contribution in [2.75, 3.05) is 6.61 Å². The first-order chi connectivity index (χ1) is 15.0. The van der Waals surface area contributed by atoms with Crippen LogP contribution in [0.15, 0.2) is 77.9 Å². The molecule has 0 atom stereocenters. The maximum Gasteiger partial charge on any atom is 0.277 e. The van der Waals surface area contributed by atoms with Crippen molar-refractivity contribution in [3.8, 4) is 11.5 Å². The summed E-state index contributed by atoms with van der Waals surface area (Å²) < 4.78 is 11.4. The summed E-state index contributed by atoms with van der Waals surface area (Å²) in [5.41, 5.74) is 5.30. The molecule has 6 heteroatoms. The Kier molecular flexibility index (Phi) is 8.07. The van der Waals surface area contributed by atoms with Gasteiger partial charge in [0.25, 0.3) is 5.91 Å². The van der Waals surface area contributed by atoms with Crippen LogP contribution < -0.4 is 14.9 Å². The van der Waals surface area contributed by atoms with E-state index in [4.69, 9.17) is 21.1 Å². The number of halogens is 1. The zero-order chi connectivity index (χ0) is 22.1. The minimum Gasteiger partial charge on any atom is -0.489 e. The second-order valence-corrected chi connectivity index (χ2v) is 7.63. The number of rotatable bonds is 9. The topological polar surface area (TPSA) is 59.9 Å². The highest BCUT2D eigenvalue weighted by Crippen LogP contribution is 2.25. The number of carbonyl (C=O) groups is 1. The molecule has 1 N–H and O–H groups in total. The van der Waals surface area contributed by atoms with Gasteiger partial charge in [-0.15, -0.1) is 0 Å². The zero-order valence-corrected chi connectivity index (χ0v) is 18.3. The SMILES string of the molecule is CC(C)c1ccccc1OCC(=O)N/N=C/c1ccc(OCc2ccccc2Cl)cc1. The molecule has 0 aliphatic rings. The number of amides is 1. The molecule has 0 aromatic heterocycles. The van der Waals surface area contributed by atoms with E-state index >= 15 is 0 Å². The van der Waals surface area contributed by atoms with E-state index in [0.29, 0.717) is 23.3 Å². The van der Waals surface area contributed by atoms with Crippen molar-refractivity contribution in [3.63, 3.8) is 0 Å². The van der Waals surface area contributed by atoms with Crippen molar-refractivity contribution in [1.29, 1.82) is 0 Å². The summed E-state index contributed by atoms with van der Waals surface area (Å²) in [6, 6.07) is 22.7. The number of para-hydroxylation sites is 1. The number of carbonyl (C=O) groups excluding carboxylic acids is 1. The molecule has 3 aromatic rings. The maximum atomic E-state index is 12.0. The van der Waals surface area contributed by atoms with Crippen molar-refractivity contribution in [1.82, 2.24) is 5.43 Å². The standard InChI is InChI=1S/C25H25ClN2O3/c1-18(2)22-8-4-6-10-24(22)31-17-25(29)28-27-15-19-11-13-21(14-12-19)30-16-20-7-3-5-9-23(20)26/h3-15,18H,16-17H2,1-2H3,(H,28,29)/b27-15+. The Morgan fingerprint density at radius 3 is 2.45 bits per heavy atom. The molecular formula is C25H25ClN2O3. The molecule has 0 fully saturated rings. The summed E-state index contributed by atoms with van der Waals surface area (Å²) in [6.07, 6.45) is 1.57. The number of hydrazone groups is 1. The van der Waals surface area contributed by atoms with Crippen LogP contribution in [-0.4, -0.2) is 18.7 Å². The third-order valence-corrected chi connectivity index (χ3v) is 4.90. The molecule has 0 spiro atoms. The first-order valence-corrected chi connectivity index (χ1v) is 10.4. The molecule has 3 aromatic carbocycles. The summed E-state index contributed by atoms with van der Waals surface area (Å²) in [7, 11) is 0. The first-order valence-electron chi connectivity index (χ1n) is 10.0. The maximum absolute atomic E-state index is 12.0. The van der Waals surface area contributed by atoms with Gasteiger partial charge in [-0.3, -0.25) is 4.79 Å². The van der Waals surface area contributed by atoms with E-state index in [9.17, 15) is 4.79 Å². The molecule has 0 aliphatic heterocycles. The Balaban J connectivity index is 1.45. The van der Waals surface area contributed by atoms with Crippen molar-refractivity contribution in [2.24, 2.45) is 5.10 Å². The minimum atomic E-state index is -0.325.